The minimum atomic E-state index is -0.608. The lowest BCUT2D eigenvalue weighted by Gasteiger charge is -2.39. The van der Waals surface area contributed by atoms with Crippen molar-refractivity contribution < 1.29 is 14.6 Å². The van der Waals surface area contributed by atoms with Crippen LogP contribution >= 0.6 is 0 Å². The van der Waals surface area contributed by atoms with Crippen LogP contribution in [0, 0.1) is 22.7 Å². The van der Waals surface area contributed by atoms with Crippen molar-refractivity contribution in [1.29, 1.82) is 5.26 Å². The Morgan fingerprint density at radius 1 is 1.25 bits per heavy atom. The lowest BCUT2D eigenvalue weighted by molar-refractivity contribution is -0.0861. The Morgan fingerprint density at radius 2 is 2.00 bits per heavy atom. The van der Waals surface area contributed by atoms with Crippen molar-refractivity contribution in [1.82, 2.24) is 0 Å². The summed E-state index contributed by atoms with van der Waals surface area (Å²) in [6.07, 6.45) is 2.66. The minimum Gasteiger partial charge on any atom is -0.391 e. The first-order chi connectivity index (χ1) is 7.78. The smallest absolute Gasteiger partial charge is 0.0879 e. The number of nitriles is 1. The lowest BCUT2D eigenvalue weighted by Crippen LogP contribution is -2.45. The maximum atomic E-state index is 10.4. The van der Waals surface area contributed by atoms with E-state index in [2.05, 4.69) is 6.07 Å². The molecule has 0 saturated carbocycles. The number of nitrogens with zero attached hydrogens (tertiary/aromatic N) is 1. The van der Waals surface area contributed by atoms with Crippen molar-refractivity contribution in [3.05, 3.63) is 0 Å². The normalized spacial score (nSPS) is 31.6. The molecular weight excluding hydrogens is 206 g/mol. The van der Waals surface area contributed by atoms with E-state index in [4.69, 9.17) is 9.47 Å². The number of hydrogen-bond donors (Lipinski definition) is 1. The van der Waals surface area contributed by atoms with Gasteiger partial charge in [-0.05, 0) is 25.7 Å². The van der Waals surface area contributed by atoms with Crippen LogP contribution in [0.5, 0.6) is 0 Å². The van der Waals surface area contributed by atoms with Crippen LogP contribution in [0.25, 0.3) is 0 Å². The quantitative estimate of drug-likeness (QED) is 0.764. The number of rotatable bonds is 2. The van der Waals surface area contributed by atoms with Crippen LogP contribution in [-0.4, -0.2) is 37.6 Å². The molecule has 2 heterocycles. The Hall–Kier alpha value is -0.630. The zero-order valence-electron chi connectivity index (χ0n) is 9.52. The third-order valence-corrected chi connectivity index (χ3v) is 3.82. The summed E-state index contributed by atoms with van der Waals surface area (Å²) in [4.78, 5) is 0. The summed E-state index contributed by atoms with van der Waals surface area (Å²) in [5.41, 5.74) is -0.608. The maximum absolute atomic E-state index is 10.4. The van der Waals surface area contributed by atoms with E-state index in [0.29, 0.717) is 32.7 Å². The van der Waals surface area contributed by atoms with Gasteiger partial charge >= 0.3 is 0 Å². The predicted octanol–water partition coefficient (Wildman–Crippen LogP) is 1.09. The summed E-state index contributed by atoms with van der Waals surface area (Å²) in [6.45, 7) is 2.54. The molecule has 2 saturated heterocycles. The molecule has 0 bridgehead atoms. The van der Waals surface area contributed by atoms with Gasteiger partial charge in [-0.3, -0.25) is 0 Å². The molecule has 16 heavy (non-hydrogen) atoms. The molecule has 2 aliphatic heterocycles. The highest BCUT2D eigenvalue weighted by Gasteiger charge is 2.44. The van der Waals surface area contributed by atoms with E-state index in [9.17, 15) is 10.4 Å². The van der Waals surface area contributed by atoms with Gasteiger partial charge in [0, 0.05) is 25.7 Å². The predicted molar refractivity (Wildman–Crippen MR) is 57.6 cm³/mol. The van der Waals surface area contributed by atoms with E-state index >= 15 is 0 Å². The van der Waals surface area contributed by atoms with Crippen LogP contribution in [0.2, 0.25) is 0 Å². The molecule has 90 valence electrons. The van der Waals surface area contributed by atoms with Crippen molar-refractivity contribution in [2.24, 2.45) is 11.3 Å². The second-order valence-corrected chi connectivity index (χ2v) is 4.80. The van der Waals surface area contributed by atoms with E-state index in [1.807, 2.05) is 0 Å². The van der Waals surface area contributed by atoms with Gasteiger partial charge in [0.2, 0.25) is 0 Å². The fourth-order valence-electron chi connectivity index (χ4n) is 2.68. The summed E-state index contributed by atoms with van der Waals surface area (Å²) >= 11 is 0. The molecule has 2 unspecified atom stereocenters. The van der Waals surface area contributed by atoms with Crippen LogP contribution < -0.4 is 0 Å². The van der Waals surface area contributed by atoms with E-state index in [-0.39, 0.29) is 5.92 Å². The van der Waals surface area contributed by atoms with Gasteiger partial charge < -0.3 is 14.6 Å². The van der Waals surface area contributed by atoms with Gasteiger partial charge in [0.15, 0.2) is 0 Å². The van der Waals surface area contributed by atoms with Gasteiger partial charge in [0.05, 0.1) is 24.2 Å². The van der Waals surface area contributed by atoms with Gasteiger partial charge in [-0.2, -0.15) is 5.26 Å². The average molecular weight is 225 g/mol. The first-order valence-electron chi connectivity index (χ1n) is 6.03. The van der Waals surface area contributed by atoms with Crippen LogP contribution in [0.4, 0.5) is 0 Å². The van der Waals surface area contributed by atoms with Gasteiger partial charge in [-0.1, -0.05) is 0 Å². The molecule has 2 atom stereocenters. The Labute approximate surface area is 96.2 Å². The maximum Gasteiger partial charge on any atom is 0.0879 e. The SMILES string of the molecule is N#CC1(C(O)C2CCCOC2)CCOCC1. The fraction of sp³-hybridized carbons (Fsp3) is 0.917. The molecule has 1 N–H and O–H groups in total. The molecule has 0 aliphatic carbocycles. The monoisotopic (exact) mass is 225 g/mol. The highest BCUT2D eigenvalue weighted by Crippen LogP contribution is 2.38. The number of aliphatic hydroxyl groups excluding tert-OH is 1. The number of hydrogen-bond acceptors (Lipinski definition) is 4. The molecule has 4 heteroatoms. The molecular formula is C12H19NO3. The molecule has 2 aliphatic rings. The van der Waals surface area contributed by atoms with E-state index in [0.717, 1.165) is 19.4 Å². The summed E-state index contributed by atoms with van der Waals surface area (Å²) < 4.78 is 10.7. The van der Waals surface area contributed by atoms with Crippen LogP contribution in [0.1, 0.15) is 25.7 Å². The van der Waals surface area contributed by atoms with Gasteiger partial charge in [-0.25, -0.2) is 0 Å². The third kappa shape index (κ3) is 2.22. The second kappa shape index (κ2) is 5.13. The molecule has 0 spiro atoms. The van der Waals surface area contributed by atoms with Crippen LogP contribution in [0.15, 0.2) is 0 Å². The van der Waals surface area contributed by atoms with Gasteiger partial charge in [0.1, 0.15) is 0 Å². The molecule has 0 aromatic heterocycles. The Morgan fingerprint density at radius 3 is 2.56 bits per heavy atom. The molecule has 0 radical (unpaired) electrons. The molecule has 2 rings (SSSR count). The largest absolute Gasteiger partial charge is 0.391 e. The van der Waals surface area contributed by atoms with E-state index < -0.39 is 11.5 Å². The zero-order chi connectivity index (χ0) is 11.4. The summed E-state index contributed by atoms with van der Waals surface area (Å²) in [6, 6.07) is 2.33. The standard InChI is InChI=1S/C12H19NO3/c13-9-12(3-6-15-7-4-12)11(14)10-2-1-5-16-8-10/h10-11,14H,1-8H2. The number of ether oxygens (including phenoxy) is 2. The molecule has 0 aromatic carbocycles. The van der Waals surface area contributed by atoms with Crippen molar-refractivity contribution >= 4 is 0 Å². The Kier molecular flexibility index (Phi) is 3.80. The first kappa shape index (κ1) is 11.8. The van der Waals surface area contributed by atoms with E-state index in [1.54, 1.807) is 0 Å². The molecule has 2 fully saturated rings. The third-order valence-electron chi connectivity index (χ3n) is 3.82. The van der Waals surface area contributed by atoms with Crippen molar-refractivity contribution in [2.45, 2.75) is 31.8 Å². The number of aliphatic hydroxyl groups is 1. The highest BCUT2D eigenvalue weighted by atomic mass is 16.5. The fourth-order valence-corrected chi connectivity index (χ4v) is 2.68. The summed E-state index contributed by atoms with van der Waals surface area (Å²) in [5, 5.41) is 19.7. The minimum absolute atomic E-state index is 0.117. The summed E-state index contributed by atoms with van der Waals surface area (Å²) in [5.74, 6) is 0.117. The molecule has 0 amide bonds. The summed E-state index contributed by atoms with van der Waals surface area (Å²) in [7, 11) is 0. The Balaban J connectivity index is 2.04. The topological polar surface area (TPSA) is 62.5 Å². The second-order valence-electron chi connectivity index (χ2n) is 4.80. The van der Waals surface area contributed by atoms with E-state index in [1.165, 1.54) is 0 Å². The van der Waals surface area contributed by atoms with Crippen LogP contribution in [0.3, 0.4) is 0 Å². The van der Waals surface area contributed by atoms with Crippen LogP contribution in [-0.2, 0) is 9.47 Å². The van der Waals surface area contributed by atoms with Gasteiger partial charge in [0.25, 0.3) is 0 Å². The zero-order valence-corrected chi connectivity index (χ0v) is 9.52. The van der Waals surface area contributed by atoms with Gasteiger partial charge in [-0.15, -0.1) is 0 Å². The first-order valence-corrected chi connectivity index (χ1v) is 6.03. The van der Waals surface area contributed by atoms with Crippen molar-refractivity contribution in [2.75, 3.05) is 26.4 Å². The lowest BCUT2D eigenvalue weighted by atomic mass is 9.71. The highest BCUT2D eigenvalue weighted by molar-refractivity contribution is 5.06. The average Bonchev–Trinajstić information content (AvgIpc) is 2.39. The van der Waals surface area contributed by atoms with Crippen molar-refractivity contribution in [3.63, 3.8) is 0 Å². The molecule has 4 nitrogen and oxygen atoms in total. The Bertz CT molecular complexity index is 262. The van der Waals surface area contributed by atoms with Crippen molar-refractivity contribution in [3.8, 4) is 6.07 Å². The molecule has 0 aromatic rings.